The van der Waals surface area contributed by atoms with E-state index in [1.165, 1.54) is 0 Å². The first-order valence-electron chi connectivity index (χ1n) is 5.81. The van der Waals surface area contributed by atoms with Gasteiger partial charge in [0.2, 0.25) is 0 Å². The summed E-state index contributed by atoms with van der Waals surface area (Å²) >= 11 is 6.08. The van der Waals surface area contributed by atoms with Gasteiger partial charge in [-0.15, -0.1) is 0 Å². The average molecular weight is 256 g/mol. The Morgan fingerprint density at radius 1 is 1.59 bits per heavy atom. The van der Waals surface area contributed by atoms with Crippen molar-refractivity contribution in [2.24, 2.45) is 11.1 Å². The Morgan fingerprint density at radius 2 is 2.35 bits per heavy atom. The zero-order valence-electron chi connectivity index (χ0n) is 9.95. The lowest BCUT2D eigenvalue weighted by molar-refractivity contribution is 0.0191. The smallest absolute Gasteiger partial charge is 0.0881 e. The van der Waals surface area contributed by atoms with Gasteiger partial charge in [0.05, 0.1) is 12.7 Å². The summed E-state index contributed by atoms with van der Waals surface area (Å²) in [5.41, 5.74) is 7.26. The van der Waals surface area contributed by atoms with Crippen molar-refractivity contribution in [3.05, 3.63) is 34.3 Å². The average Bonchev–Trinajstić information content (AvgIpc) is 2.81. The second kappa shape index (κ2) is 4.94. The van der Waals surface area contributed by atoms with E-state index < -0.39 is 6.10 Å². The molecule has 1 aliphatic rings. The fourth-order valence-corrected chi connectivity index (χ4v) is 2.43. The van der Waals surface area contributed by atoms with Gasteiger partial charge in [-0.3, -0.25) is 0 Å². The summed E-state index contributed by atoms with van der Waals surface area (Å²) in [6, 6.07) is 5.64. The normalized spacial score (nSPS) is 26.1. The molecule has 1 saturated heterocycles. The summed E-state index contributed by atoms with van der Waals surface area (Å²) in [5, 5.41) is 11.1. The van der Waals surface area contributed by atoms with Gasteiger partial charge in [0.15, 0.2) is 0 Å². The number of aryl methyl sites for hydroxylation is 1. The van der Waals surface area contributed by atoms with Crippen molar-refractivity contribution in [3.8, 4) is 0 Å². The molecule has 1 aliphatic heterocycles. The SMILES string of the molecule is Cc1ccc(C(O)C2(CN)CCOC2)cc1Cl. The summed E-state index contributed by atoms with van der Waals surface area (Å²) in [4.78, 5) is 0. The van der Waals surface area contributed by atoms with Crippen LogP contribution in [0.25, 0.3) is 0 Å². The van der Waals surface area contributed by atoms with Crippen LogP contribution in [0.4, 0.5) is 0 Å². The van der Waals surface area contributed by atoms with Crippen molar-refractivity contribution >= 4 is 11.6 Å². The maximum atomic E-state index is 10.5. The highest BCUT2D eigenvalue weighted by Gasteiger charge is 2.41. The Hall–Kier alpha value is -0.610. The van der Waals surface area contributed by atoms with Crippen molar-refractivity contribution in [2.75, 3.05) is 19.8 Å². The van der Waals surface area contributed by atoms with Crippen LogP contribution in [-0.2, 0) is 4.74 Å². The fraction of sp³-hybridized carbons (Fsp3) is 0.538. The Balaban J connectivity index is 2.29. The van der Waals surface area contributed by atoms with Crippen LogP contribution in [0.15, 0.2) is 18.2 Å². The molecule has 0 saturated carbocycles. The first-order valence-corrected chi connectivity index (χ1v) is 6.19. The number of benzene rings is 1. The van der Waals surface area contributed by atoms with Crippen LogP contribution in [0.2, 0.25) is 5.02 Å². The van der Waals surface area contributed by atoms with Crippen LogP contribution in [0, 0.1) is 12.3 Å². The number of ether oxygens (including phenoxy) is 1. The molecule has 0 bridgehead atoms. The summed E-state index contributed by atoms with van der Waals surface area (Å²) < 4.78 is 5.37. The van der Waals surface area contributed by atoms with Gasteiger partial charge >= 0.3 is 0 Å². The predicted molar refractivity (Wildman–Crippen MR) is 68.1 cm³/mol. The maximum absolute atomic E-state index is 10.5. The molecular weight excluding hydrogens is 238 g/mol. The topological polar surface area (TPSA) is 55.5 Å². The van der Waals surface area contributed by atoms with E-state index in [0.29, 0.717) is 24.8 Å². The molecule has 3 N–H and O–H groups in total. The van der Waals surface area contributed by atoms with E-state index in [-0.39, 0.29) is 5.41 Å². The molecule has 2 unspecified atom stereocenters. The zero-order chi connectivity index (χ0) is 12.5. The minimum Gasteiger partial charge on any atom is -0.388 e. The first kappa shape index (κ1) is 12.8. The fourth-order valence-electron chi connectivity index (χ4n) is 2.24. The minimum atomic E-state index is -0.618. The van der Waals surface area contributed by atoms with E-state index in [2.05, 4.69) is 0 Å². The van der Waals surface area contributed by atoms with Crippen LogP contribution in [0.5, 0.6) is 0 Å². The molecule has 4 heteroatoms. The van der Waals surface area contributed by atoms with Gasteiger partial charge in [0, 0.05) is 23.6 Å². The standard InChI is InChI=1S/C13H18ClNO2/c1-9-2-3-10(6-11(9)14)12(16)13(7-15)4-5-17-8-13/h2-3,6,12,16H,4-5,7-8,15H2,1H3. The summed E-state index contributed by atoms with van der Waals surface area (Å²) in [7, 11) is 0. The quantitative estimate of drug-likeness (QED) is 0.869. The van der Waals surface area contributed by atoms with E-state index in [1.54, 1.807) is 0 Å². The second-order valence-corrected chi connectivity index (χ2v) is 5.19. The molecule has 17 heavy (non-hydrogen) atoms. The van der Waals surface area contributed by atoms with Crippen LogP contribution >= 0.6 is 11.6 Å². The molecule has 2 rings (SSSR count). The minimum absolute atomic E-state index is 0.363. The third kappa shape index (κ3) is 2.33. The van der Waals surface area contributed by atoms with E-state index in [0.717, 1.165) is 17.5 Å². The van der Waals surface area contributed by atoms with Crippen LogP contribution in [0.1, 0.15) is 23.7 Å². The highest BCUT2D eigenvalue weighted by atomic mass is 35.5. The molecule has 0 amide bonds. The molecule has 0 aromatic heterocycles. The third-order valence-electron chi connectivity index (χ3n) is 3.63. The van der Waals surface area contributed by atoms with Gasteiger partial charge in [0.1, 0.15) is 0 Å². The number of nitrogens with two attached hydrogens (primary N) is 1. The van der Waals surface area contributed by atoms with Gasteiger partial charge in [-0.2, -0.15) is 0 Å². The number of hydrogen-bond donors (Lipinski definition) is 2. The molecule has 0 spiro atoms. The zero-order valence-corrected chi connectivity index (χ0v) is 10.7. The summed E-state index contributed by atoms with van der Waals surface area (Å²) in [6.45, 7) is 3.53. The van der Waals surface area contributed by atoms with Gasteiger partial charge in [-0.1, -0.05) is 23.7 Å². The van der Waals surface area contributed by atoms with Gasteiger partial charge in [-0.25, -0.2) is 0 Å². The number of aliphatic hydroxyl groups excluding tert-OH is 1. The molecule has 0 radical (unpaired) electrons. The first-order chi connectivity index (χ1) is 8.09. The Morgan fingerprint density at radius 3 is 2.88 bits per heavy atom. The van der Waals surface area contributed by atoms with Crippen molar-refractivity contribution in [1.29, 1.82) is 0 Å². The number of aliphatic hydroxyl groups is 1. The van der Waals surface area contributed by atoms with Gasteiger partial charge in [-0.05, 0) is 30.5 Å². The lowest BCUT2D eigenvalue weighted by atomic mass is 9.78. The predicted octanol–water partition coefficient (Wildman–Crippen LogP) is 2.05. The molecule has 1 aromatic carbocycles. The van der Waals surface area contributed by atoms with Crippen LogP contribution in [0.3, 0.4) is 0 Å². The highest BCUT2D eigenvalue weighted by Crippen LogP contribution is 2.40. The number of hydrogen-bond acceptors (Lipinski definition) is 3. The Labute approximate surface area is 107 Å². The summed E-state index contributed by atoms with van der Waals surface area (Å²) in [5.74, 6) is 0. The van der Waals surface area contributed by atoms with Crippen LogP contribution < -0.4 is 5.73 Å². The van der Waals surface area contributed by atoms with Crippen molar-refractivity contribution in [1.82, 2.24) is 0 Å². The van der Waals surface area contributed by atoms with E-state index in [9.17, 15) is 5.11 Å². The lowest BCUT2D eigenvalue weighted by Crippen LogP contribution is -2.37. The third-order valence-corrected chi connectivity index (χ3v) is 4.04. The lowest BCUT2D eigenvalue weighted by Gasteiger charge is -2.31. The molecular formula is C13H18ClNO2. The molecule has 1 aromatic rings. The maximum Gasteiger partial charge on any atom is 0.0881 e. The summed E-state index contributed by atoms with van der Waals surface area (Å²) in [6.07, 6.45) is 0.170. The van der Waals surface area contributed by atoms with Crippen LogP contribution in [-0.4, -0.2) is 24.9 Å². The molecule has 3 nitrogen and oxygen atoms in total. The van der Waals surface area contributed by atoms with E-state index in [1.807, 2.05) is 25.1 Å². The second-order valence-electron chi connectivity index (χ2n) is 4.78. The van der Waals surface area contributed by atoms with E-state index in [4.69, 9.17) is 22.1 Å². The highest BCUT2D eigenvalue weighted by molar-refractivity contribution is 6.31. The molecule has 1 fully saturated rings. The molecule has 1 heterocycles. The molecule has 94 valence electrons. The Kier molecular flexibility index (Phi) is 3.73. The molecule has 0 aliphatic carbocycles. The van der Waals surface area contributed by atoms with Gasteiger partial charge in [0.25, 0.3) is 0 Å². The van der Waals surface area contributed by atoms with Gasteiger partial charge < -0.3 is 15.6 Å². The van der Waals surface area contributed by atoms with Crippen molar-refractivity contribution < 1.29 is 9.84 Å². The number of rotatable bonds is 3. The van der Waals surface area contributed by atoms with E-state index >= 15 is 0 Å². The Bertz CT molecular complexity index is 402. The number of halogens is 1. The van der Waals surface area contributed by atoms with Crippen molar-refractivity contribution in [3.63, 3.8) is 0 Å². The molecule has 2 atom stereocenters. The van der Waals surface area contributed by atoms with Crippen molar-refractivity contribution in [2.45, 2.75) is 19.4 Å². The largest absolute Gasteiger partial charge is 0.388 e. The monoisotopic (exact) mass is 255 g/mol.